The maximum atomic E-state index is 4.24. The van der Waals surface area contributed by atoms with Gasteiger partial charge in [-0.1, -0.05) is 6.07 Å². The van der Waals surface area contributed by atoms with Crippen LogP contribution in [-0.2, 0) is 6.42 Å². The van der Waals surface area contributed by atoms with Crippen LogP contribution < -0.4 is 0 Å². The lowest BCUT2D eigenvalue weighted by atomic mass is 10.2. The van der Waals surface area contributed by atoms with E-state index >= 15 is 0 Å². The Bertz CT molecular complexity index is 417. The molecule has 0 saturated carbocycles. The third kappa shape index (κ3) is 2.14. The summed E-state index contributed by atoms with van der Waals surface area (Å²) in [5.74, 6) is 0. The monoisotopic (exact) mass is 249 g/mol. The third-order valence-corrected chi connectivity index (χ3v) is 2.54. The molecule has 2 heterocycles. The summed E-state index contributed by atoms with van der Waals surface area (Å²) in [5, 5.41) is 0. The maximum absolute atomic E-state index is 4.24. The third-order valence-electron chi connectivity index (χ3n) is 1.83. The van der Waals surface area contributed by atoms with Crippen molar-refractivity contribution in [1.29, 1.82) is 0 Å². The second kappa shape index (κ2) is 4.28. The Balaban J connectivity index is 2.24. The molecule has 0 aliphatic rings. The van der Waals surface area contributed by atoms with Gasteiger partial charge in [0.05, 0.1) is 0 Å². The van der Waals surface area contributed by atoms with Gasteiger partial charge >= 0.3 is 0 Å². The maximum Gasteiger partial charge on any atom is 0.116 e. The van der Waals surface area contributed by atoms with Crippen LogP contribution in [0.2, 0.25) is 0 Å². The molecule has 0 aliphatic carbocycles. The smallest absolute Gasteiger partial charge is 0.116 e. The van der Waals surface area contributed by atoms with Crippen LogP contribution >= 0.6 is 15.9 Å². The first-order chi connectivity index (χ1) is 6.86. The molecule has 0 aliphatic heterocycles. The van der Waals surface area contributed by atoms with Gasteiger partial charge in [-0.15, -0.1) is 0 Å². The van der Waals surface area contributed by atoms with Crippen molar-refractivity contribution in [2.75, 3.05) is 0 Å². The molecular weight excluding hydrogens is 242 g/mol. The summed E-state index contributed by atoms with van der Waals surface area (Å²) in [6, 6.07) is 5.86. The van der Waals surface area contributed by atoms with Crippen molar-refractivity contribution >= 4 is 15.9 Å². The Kier molecular flexibility index (Phi) is 2.84. The zero-order chi connectivity index (χ0) is 9.80. The molecule has 2 aromatic rings. The predicted octanol–water partition coefficient (Wildman–Crippen LogP) is 2.22. The highest BCUT2D eigenvalue weighted by Crippen LogP contribution is 2.14. The van der Waals surface area contributed by atoms with E-state index in [1.807, 2.05) is 18.2 Å². The topological polar surface area (TPSA) is 38.7 Å². The molecule has 0 unspecified atom stereocenters. The van der Waals surface area contributed by atoms with Crippen molar-refractivity contribution in [2.24, 2.45) is 0 Å². The summed E-state index contributed by atoms with van der Waals surface area (Å²) in [7, 11) is 0. The van der Waals surface area contributed by atoms with Gasteiger partial charge in [0.1, 0.15) is 10.9 Å². The Hall–Kier alpha value is -1.29. The van der Waals surface area contributed by atoms with Crippen molar-refractivity contribution in [3.8, 4) is 0 Å². The van der Waals surface area contributed by atoms with Crippen LogP contribution in [0.1, 0.15) is 11.3 Å². The zero-order valence-electron chi connectivity index (χ0n) is 7.39. The Morgan fingerprint density at radius 2 is 2.14 bits per heavy atom. The van der Waals surface area contributed by atoms with Gasteiger partial charge < -0.3 is 0 Å². The highest BCUT2D eigenvalue weighted by molar-refractivity contribution is 9.10. The van der Waals surface area contributed by atoms with Gasteiger partial charge in [0.25, 0.3) is 0 Å². The van der Waals surface area contributed by atoms with Crippen LogP contribution in [0, 0.1) is 0 Å². The second-order valence-corrected chi connectivity index (χ2v) is 3.59. The quantitative estimate of drug-likeness (QED) is 0.767. The number of aromatic nitrogens is 3. The largest absolute Gasteiger partial charge is 0.261 e. The standard InChI is InChI=1S/C10H8BrN3/c11-10-8(6-12-7-14-10)5-9-3-1-2-4-13-9/h1-4,6-7H,5H2. The van der Waals surface area contributed by atoms with Crippen molar-refractivity contribution in [3.63, 3.8) is 0 Å². The molecule has 0 saturated heterocycles. The average Bonchev–Trinajstić information content (AvgIpc) is 2.23. The number of pyridine rings is 1. The SMILES string of the molecule is Brc1ncncc1Cc1ccccn1. The molecule has 14 heavy (non-hydrogen) atoms. The van der Waals surface area contributed by atoms with Crippen LogP contribution in [0.5, 0.6) is 0 Å². The second-order valence-electron chi connectivity index (χ2n) is 2.84. The molecule has 3 nitrogen and oxygen atoms in total. The van der Waals surface area contributed by atoms with Crippen molar-refractivity contribution in [3.05, 3.63) is 52.8 Å². The van der Waals surface area contributed by atoms with Crippen molar-refractivity contribution in [2.45, 2.75) is 6.42 Å². The fourth-order valence-electron chi connectivity index (χ4n) is 1.16. The van der Waals surface area contributed by atoms with Crippen molar-refractivity contribution < 1.29 is 0 Å². The lowest BCUT2D eigenvalue weighted by Crippen LogP contribution is -1.94. The first kappa shape index (κ1) is 9.27. The summed E-state index contributed by atoms with van der Waals surface area (Å²) in [6.45, 7) is 0. The number of nitrogens with zero attached hydrogens (tertiary/aromatic N) is 3. The molecule has 70 valence electrons. The van der Waals surface area contributed by atoms with E-state index in [4.69, 9.17) is 0 Å². The van der Waals surface area contributed by atoms with Crippen LogP contribution in [-0.4, -0.2) is 15.0 Å². The fraction of sp³-hybridized carbons (Fsp3) is 0.100. The molecule has 0 amide bonds. The van der Waals surface area contributed by atoms with Crippen LogP contribution in [0.4, 0.5) is 0 Å². The molecule has 0 aromatic carbocycles. The summed E-state index contributed by atoms with van der Waals surface area (Å²) in [4.78, 5) is 12.3. The summed E-state index contributed by atoms with van der Waals surface area (Å²) in [5.41, 5.74) is 2.06. The Labute approximate surface area is 90.4 Å². The molecule has 0 radical (unpaired) electrons. The predicted molar refractivity (Wildman–Crippen MR) is 56.8 cm³/mol. The van der Waals surface area contributed by atoms with Gasteiger partial charge in [0.2, 0.25) is 0 Å². The minimum Gasteiger partial charge on any atom is -0.261 e. The van der Waals surface area contributed by atoms with E-state index in [-0.39, 0.29) is 0 Å². The normalized spacial score (nSPS) is 10.1. The van der Waals surface area contributed by atoms with Gasteiger partial charge in [0.15, 0.2) is 0 Å². The van der Waals surface area contributed by atoms with E-state index in [1.165, 1.54) is 6.33 Å². The Morgan fingerprint density at radius 1 is 1.21 bits per heavy atom. The first-order valence-corrected chi connectivity index (χ1v) is 5.00. The molecular formula is C10H8BrN3. The molecule has 0 atom stereocenters. The van der Waals surface area contributed by atoms with Gasteiger partial charge in [-0.2, -0.15) is 0 Å². The van der Waals surface area contributed by atoms with Gasteiger partial charge in [-0.05, 0) is 28.1 Å². The molecule has 0 N–H and O–H groups in total. The van der Waals surface area contributed by atoms with Gasteiger partial charge in [-0.25, -0.2) is 9.97 Å². The summed E-state index contributed by atoms with van der Waals surface area (Å²) in [6.07, 6.45) is 5.85. The molecule has 0 fully saturated rings. The highest BCUT2D eigenvalue weighted by atomic mass is 79.9. The number of halogens is 1. The summed E-state index contributed by atoms with van der Waals surface area (Å²) >= 11 is 3.37. The first-order valence-electron chi connectivity index (χ1n) is 4.20. The lowest BCUT2D eigenvalue weighted by molar-refractivity contribution is 1.00. The summed E-state index contributed by atoms with van der Waals surface area (Å²) < 4.78 is 0.832. The Morgan fingerprint density at radius 3 is 2.86 bits per heavy atom. The van der Waals surface area contributed by atoms with Gasteiger partial charge in [0, 0.05) is 30.1 Å². The van der Waals surface area contributed by atoms with Gasteiger partial charge in [-0.3, -0.25) is 4.98 Å². The van der Waals surface area contributed by atoms with E-state index < -0.39 is 0 Å². The van der Waals surface area contributed by atoms with E-state index in [0.29, 0.717) is 0 Å². The zero-order valence-corrected chi connectivity index (χ0v) is 8.98. The molecule has 2 rings (SSSR count). The highest BCUT2D eigenvalue weighted by Gasteiger charge is 2.02. The number of hydrogen-bond donors (Lipinski definition) is 0. The molecule has 4 heteroatoms. The minimum absolute atomic E-state index is 0.752. The van der Waals surface area contributed by atoms with E-state index in [9.17, 15) is 0 Å². The number of hydrogen-bond acceptors (Lipinski definition) is 3. The van der Waals surface area contributed by atoms with Crippen LogP contribution in [0.15, 0.2) is 41.5 Å². The number of rotatable bonds is 2. The minimum atomic E-state index is 0.752. The molecule has 0 spiro atoms. The van der Waals surface area contributed by atoms with E-state index in [1.54, 1.807) is 12.4 Å². The van der Waals surface area contributed by atoms with Crippen LogP contribution in [0.3, 0.4) is 0 Å². The van der Waals surface area contributed by atoms with Crippen LogP contribution in [0.25, 0.3) is 0 Å². The molecule has 0 bridgehead atoms. The fourth-order valence-corrected chi connectivity index (χ4v) is 1.49. The average molecular weight is 250 g/mol. The van der Waals surface area contributed by atoms with E-state index in [2.05, 4.69) is 30.9 Å². The lowest BCUT2D eigenvalue weighted by Gasteiger charge is -2.01. The molecule has 2 aromatic heterocycles. The van der Waals surface area contributed by atoms with Crippen molar-refractivity contribution in [1.82, 2.24) is 15.0 Å². The van der Waals surface area contributed by atoms with E-state index in [0.717, 1.165) is 22.3 Å².